The van der Waals surface area contributed by atoms with E-state index in [9.17, 15) is 9.59 Å². The Kier molecular flexibility index (Phi) is 3.49. The molecule has 0 aliphatic carbocycles. The summed E-state index contributed by atoms with van der Waals surface area (Å²) in [5.74, 6) is 0.529. The molecule has 0 amide bonds. The number of allylic oxidation sites excluding steroid dienone is 1. The number of nitrogens with one attached hydrogen (secondary N) is 1. The molecule has 1 N–H and O–H groups in total. The van der Waals surface area contributed by atoms with Crippen LogP contribution in [0.1, 0.15) is 6.92 Å². The second kappa shape index (κ2) is 4.63. The highest BCUT2D eigenvalue weighted by Gasteiger charge is 2.03. The van der Waals surface area contributed by atoms with Gasteiger partial charge in [-0.3, -0.25) is 13.9 Å². The maximum atomic E-state index is 11.5. The van der Waals surface area contributed by atoms with E-state index >= 15 is 0 Å². The second-order valence-electron chi connectivity index (χ2n) is 3.22. The van der Waals surface area contributed by atoms with E-state index < -0.39 is 0 Å². The van der Waals surface area contributed by atoms with Crippen LogP contribution < -0.4 is 16.6 Å². The number of hydrogen-bond donors (Lipinski definition) is 1. The average molecular weight is 209 g/mol. The minimum Gasteiger partial charge on any atom is -0.368 e. The van der Waals surface area contributed by atoms with Crippen molar-refractivity contribution in [2.45, 2.75) is 6.92 Å². The Balaban J connectivity index is 3.10. The second-order valence-corrected chi connectivity index (χ2v) is 3.22. The van der Waals surface area contributed by atoms with Crippen LogP contribution in [0.25, 0.3) is 0 Å². The lowest BCUT2D eigenvalue weighted by molar-refractivity contribution is 0.690. The van der Waals surface area contributed by atoms with Crippen molar-refractivity contribution in [1.82, 2.24) is 9.13 Å². The molecular formula is C10H15N3O2. The summed E-state index contributed by atoms with van der Waals surface area (Å²) in [6.45, 7) is 2.50. The van der Waals surface area contributed by atoms with Crippen LogP contribution in [0.15, 0.2) is 27.8 Å². The van der Waals surface area contributed by atoms with E-state index in [1.807, 2.05) is 19.1 Å². The molecule has 0 aromatic carbocycles. The van der Waals surface area contributed by atoms with Gasteiger partial charge >= 0.3 is 5.69 Å². The van der Waals surface area contributed by atoms with Gasteiger partial charge in [0, 0.05) is 26.7 Å². The fraction of sp³-hybridized carbons (Fsp3) is 0.400. The van der Waals surface area contributed by atoms with E-state index in [1.165, 1.54) is 17.7 Å². The Bertz CT molecular complexity index is 482. The van der Waals surface area contributed by atoms with Gasteiger partial charge in [0.15, 0.2) is 0 Å². The first-order valence-corrected chi connectivity index (χ1v) is 4.70. The van der Waals surface area contributed by atoms with Crippen LogP contribution in [-0.4, -0.2) is 15.7 Å². The molecule has 0 saturated carbocycles. The first-order chi connectivity index (χ1) is 7.07. The SMILES string of the molecule is CC=CCNc1cc(=O)n(C)c(=O)n1C. The first kappa shape index (κ1) is 11.3. The average Bonchev–Trinajstić information content (AvgIpc) is 2.23. The Labute approximate surface area is 87.7 Å². The number of aromatic nitrogens is 2. The van der Waals surface area contributed by atoms with Crippen LogP contribution in [-0.2, 0) is 14.1 Å². The van der Waals surface area contributed by atoms with Gasteiger partial charge in [0.1, 0.15) is 5.82 Å². The first-order valence-electron chi connectivity index (χ1n) is 4.70. The molecule has 5 nitrogen and oxygen atoms in total. The van der Waals surface area contributed by atoms with Crippen molar-refractivity contribution >= 4 is 5.82 Å². The van der Waals surface area contributed by atoms with Crippen molar-refractivity contribution < 1.29 is 0 Å². The minimum atomic E-state index is -0.328. The lowest BCUT2D eigenvalue weighted by atomic mass is 10.5. The van der Waals surface area contributed by atoms with E-state index in [-0.39, 0.29) is 11.2 Å². The largest absolute Gasteiger partial charge is 0.368 e. The lowest BCUT2D eigenvalue weighted by Gasteiger charge is -2.09. The van der Waals surface area contributed by atoms with E-state index in [2.05, 4.69) is 5.32 Å². The molecule has 1 aromatic heterocycles. The highest BCUT2D eigenvalue weighted by Crippen LogP contribution is 1.96. The molecule has 82 valence electrons. The maximum absolute atomic E-state index is 11.5. The van der Waals surface area contributed by atoms with Crippen LogP contribution in [0.2, 0.25) is 0 Å². The van der Waals surface area contributed by atoms with Gasteiger partial charge in [-0.25, -0.2) is 4.79 Å². The third-order valence-corrected chi connectivity index (χ3v) is 2.16. The summed E-state index contributed by atoms with van der Waals surface area (Å²) >= 11 is 0. The lowest BCUT2D eigenvalue weighted by Crippen LogP contribution is -2.37. The molecule has 0 fully saturated rings. The summed E-state index contributed by atoms with van der Waals surface area (Å²) in [4.78, 5) is 22.8. The molecular weight excluding hydrogens is 194 g/mol. The monoisotopic (exact) mass is 209 g/mol. The zero-order chi connectivity index (χ0) is 11.4. The molecule has 1 rings (SSSR count). The van der Waals surface area contributed by atoms with E-state index in [0.29, 0.717) is 12.4 Å². The van der Waals surface area contributed by atoms with Crippen molar-refractivity contribution in [3.05, 3.63) is 39.1 Å². The highest BCUT2D eigenvalue weighted by molar-refractivity contribution is 5.34. The van der Waals surface area contributed by atoms with Gasteiger partial charge in [0.2, 0.25) is 0 Å². The van der Waals surface area contributed by atoms with Gasteiger partial charge in [-0.2, -0.15) is 0 Å². The van der Waals surface area contributed by atoms with Crippen LogP contribution in [0.5, 0.6) is 0 Å². The Morgan fingerprint density at radius 2 is 2.00 bits per heavy atom. The molecule has 0 aliphatic heterocycles. The van der Waals surface area contributed by atoms with Crippen LogP contribution >= 0.6 is 0 Å². The molecule has 5 heteroatoms. The third kappa shape index (κ3) is 2.37. The molecule has 0 spiro atoms. The van der Waals surface area contributed by atoms with Gasteiger partial charge in [0.05, 0.1) is 0 Å². The van der Waals surface area contributed by atoms with Gasteiger partial charge < -0.3 is 5.32 Å². The van der Waals surface area contributed by atoms with Crippen molar-refractivity contribution in [2.75, 3.05) is 11.9 Å². The predicted octanol–water partition coefficient (Wildman–Crippen LogP) is 0.0720. The van der Waals surface area contributed by atoms with Crippen LogP contribution in [0.4, 0.5) is 5.82 Å². The van der Waals surface area contributed by atoms with Crippen molar-refractivity contribution in [1.29, 1.82) is 0 Å². The Morgan fingerprint density at radius 1 is 1.33 bits per heavy atom. The molecule has 15 heavy (non-hydrogen) atoms. The molecule has 0 saturated heterocycles. The quantitative estimate of drug-likeness (QED) is 0.717. The summed E-state index contributed by atoms with van der Waals surface area (Å²) in [6, 6.07) is 1.41. The maximum Gasteiger partial charge on any atom is 0.332 e. The fourth-order valence-corrected chi connectivity index (χ4v) is 1.18. The normalized spacial score (nSPS) is 10.9. The Hall–Kier alpha value is -1.78. The topological polar surface area (TPSA) is 56.0 Å². The van der Waals surface area contributed by atoms with Crippen molar-refractivity contribution in [3.63, 3.8) is 0 Å². The van der Waals surface area contributed by atoms with E-state index in [0.717, 1.165) is 4.57 Å². The molecule has 0 aliphatic rings. The predicted molar refractivity (Wildman–Crippen MR) is 60.2 cm³/mol. The number of nitrogens with zero attached hydrogens (tertiary/aromatic N) is 2. The summed E-state index contributed by atoms with van der Waals surface area (Å²) in [5.41, 5.74) is -0.633. The number of rotatable bonds is 3. The van der Waals surface area contributed by atoms with Gasteiger partial charge in [-0.05, 0) is 6.92 Å². The fourth-order valence-electron chi connectivity index (χ4n) is 1.18. The van der Waals surface area contributed by atoms with Crippen molar-refractivity contribution in [2.24, 2.45) is 14.1 Å². The molecule has 1 heterocycles. The standard InChI is InChI=1S/C10H15N3O2/c1-4-5-6-11-8-7-9(14)13(3)10(15)12(8)2/h4-5,7,11H,6H2,1-3H3. The third-order valence-electron chi connectivity index (χ3n) is 2.16. The summed E-state index contributed by atoms with van der Waals surface area (Å²) in [7, 11) is 3.08. The van der Waals surface area contributed by atoms with Gasteiger partial charge in [-0.15, -0.1) is 0 Å². The molecule has 0 bridgehead atoms. The Morgan fingerprint density at radius 3 is 2.60 bits per heavy atom. The van der Waals surface area contributed by atoms with E-state index in [4.69, 9.17) is 0 Å². The summed E-state index contributed by atoms with van der Waals surface area (Å²) in [6.07, 6.45) is 3.80. The smallest absolute Gasteiger partial charge is 0.332 e. The molecule has 0 unspecified atom stereocenters. The zero-order valence-electron chi connectivity index (χ0n) is 9.15. The molecule has 0 atom stereocenters. The highest BCUT2D eigenvalue weighted by atomic mass is 16.2. The van der Waals surface area contributed by atoms with Crippen LogP contribution in [0.3, 0.4) is 0 Å². The number of hydrogen-bond acceptors (Lipinski definition) is 3. The minimum absolute atomic E-state index is 0.305. The molecule has 0 radical (unpaired) electrons. The van der Waals surface area contributed by atoms with E-state index in [1.54, 1.807) is 7.05 Å². The summed E-state index contributed by atoms with van der Waals surface area (Å²) < 4.78 is 2.48. The van der Waals surface area contributed by atoms with Gasteiger partial charge in [-0.1, -0.05) is 12.2 Å². The number of anilines is 1. The zero-order valence-corrected chi connectivity index (χ0v) is 9.15. The molecule has 1 aromatic rings. The summed E-state index contributed by atoms with van der Waals surface area (Å²) in [5, 5.41) is 2.99. The van der Waals surface area contributed by atoms with Crippen LogP contribution in [0, 0.1) is 0 Å². The van der Waals surface area contributed by atoms with Gasteiger partial charge in [0.25, 0.3) is 5.56 Å². The van der Waals surface area contributed by atoms with Crippen molar-refractivity contribution in [3.8, 4) is 0 Å².